The van der Waals surface area contributed by atoms with Crippen LogP contribution in [0.5, 0.6) is 0 Å². The second kappa shape index (κ2) is 6.95. The third-order valence-electron chi connectivity index (χ3n) is 4.35. The van der Waals surface area contributed by atoms with Crippen LogP contribution < -0.4 is 5.32 Å². The van der Waals surface area contributed by atoms with Crippen molar-refractivity contribution in [3.63, 3.8) is 0 Å². The van der Waals surface area contributed by atoms with Crippen molar-refractivity contribution in [2.45, 2.75) is 51.7 Å². The first-order chi connectivity index (χ1) is 11.2. The van der Waals surface area contributed by atoms with E-state index in [1.807, 2.05) is 23.9 Å². The van der Waals surface area contributed by atoms with Crippen LogP contribution in [0.25, 0.3) is 0 Å². The van der Waals surface area contributed by atoms with Crippen molar-refractivity contribution in [3.05, 3.63) is 30.3 Å². The largest absolute Gasteiger partial charge is 0.360 e. The normalized spacial score (nSPS) is 19.8. The van der Waals surface area contributed by atoms with Crippen LogP contribution in [0.2, 0.25) is 0 Å². The summed E-state index contributed by atoms with van der Waals surface area (Å²) in [5.41, 5.74) is 0. The Morgan fingerprint density at radius 1 is 1.57 bits per heavy atom. The van der Waals surface area contributed by atoms with Crippen molar-refractivity contribution in [3.8, 4) is 0 Å². The molecule has 124 valence electrons. The van der Waals surface area contributed by atoms with E-state index in [0.717, 1.165) is 32.4 Å². The van der Waals surface area contributed by atoms with Crippen molar-refractivity contribution in [1.29, 1.82) is 0 Å². The maximum Gasteiger partial charge on any atom is 0.242 e. The molecule has 2 atom stereocenters. The monoisotopic (exact) mass is 317 g/mol. The highest BCUT2D eigenvalue weighted by Crippen LogP contribution is 2.24. The summed E-state index contributed by atoms with van der Waals surface area (Å²) in [5, 5.41) is 11.0. The van der Waals surface area contributed by atoms with Gasteiger partial charge in [0.05, 0.1) is 12.6 Å². The summed E-state index contributed by atoms with van der Waals surface area (Å²) in [6.45, 7) is 5.61. The summed E-state index contributed by atoms with van der Waals surface area (Å²) in [4.78, 5) is 14.9. The van der Waals surface area contributed by atoms with Crippen LogP contribution in [0.3, 0.4) is 0 Å². The Morgan fingerprint density at radius 2 is 2.43 bits per heavy atom. The van der Waals surface area contributed by atoms with Gasteiger partial charge in [-0.2, -0.15) is 5.10 Å². The Labute approximate surface area is 135 Å². The molecule has 0 aliphatic carbocycles. The van der Waals surface area contributed by atoms with Gasteiger partial charge in [-0.1, -0.05) is 12.1 Å². The quantitative estimate of drug-likeness (QED) is 0.882. The fourth-order valence-electron chi connectivity index (χ4n) is 3.29. The predicted molar refractivity (Wildman–Crippen MR) is 85.9 cm³/mol. The third-order valence-corrected chi connectivity index (χ3v) is 4.35. The van der Waals surface area contributed by atoms with E-state index in [-0.39, 0.29) is 11.9 Å². The number of likely N-dealkylation sites (tertiary alicyclic amines) is 1. The van der Waals surface area contributed by atoms with Crippen LogP contribution in [0.15, 0.2) is 29.0 Å². The lowest BCUT2D eigenvalue weighted by molar-refractivity contribution is -0.122. The number of rotatable bonds is 6. The molecule has 3 rings (SSSR count). The summed E-state index contributed by atoms with van der Waals surface area (Å²) in [6, 6.07) is 3.84. The number of nitrogens with one attached hydrogen (secondary N) is 1. The van der Waals surface area contributed by atoms with Crippen LogP contribution >= 0.6 is 0 Å². The van der Waals surface area contributed by atoms with Crippen LogP contribution in [-0.2, 0) is 11.3 Å². The van der Waals surface area contributed by atoms with Gasteiger partial charge in [0.2, 0.25) is 5.91 Å². The van der Waals surface area contributed by atoms with Gasteiger partial charge in [0.25, 0.3) is 0 Å². The zero-order valence-corrected chi connectivity index (χ0v) is 13.6. The minimum absolute atomic E-state index is 0.0202. The van der Waals surface area contributed by atoms with E-state index in [2.05, 4.69) is 20.5 Å². The molecule has 1 saturated heterocycles. The van der Waals surface area contributed by atoms with Gasteiger partial charge in [0, 0.05) is 24.5 Å². The topological polar surface area (TPSA) is 76.2 Å². The summed E-state index contributed by atoms with van der Waals surface area (Å²) < 4.78 is 6.94. The molecule has 0 unspecified atom stereocenters. The molecule has 1 fully saturated rings. The number of aromatic nitrogens is 3. The molecule has 0 bridgehead atoms. The lowest BCUT2D eigenvalue weighted by Gasteiger charge is -2.31. The fraction of sp³-hybridized carbons (Fsp3) is 0.562. The van der Waals surface area contributed by atoms with Crippen molar-refractivity contribution in [2.75, 3.05) is 11.9 Å². The second-order valence-electron chi connectivity index (χ2n) is 6.00. The summed E-state index contributed by atoms with van der Waals surface area (Å²) in [6.07, 6.45) is 6.72. The molecule has 3 heterocycles. The van der Waals surface area contributed by atoms with E-state index in [9.17, 15) is 4.79 Å². The first kappa shape index (κ1) is 15.7. The van der Waals surface area contributed by atoms with Crippen LogP contribution in [0.1, 0.15) is 31.9 Å². The first-order valence-electron chi connectivity index (χ1n) is 8.14. The van der Waals surface area contributed by atoms with E-state index in [4.69, 9.17) is 4.52 Å². The highest BCUT2D eigenvalue weighted by molar-refractivity contribution is 5.94. The minimum atomic E-state index is -0.157. The van der Waals surface area contributed by atoms with Gasteiger partial charge in [0.15, 0.2) is 5.82 Å². The fourth-order valence-corrected chi connectivity index (χ4v) is 3.29. The van der Waals surface area contributed by atoms with Gasteiger partial charge in [-0.15, -0.1) is 0 Å². The Bertz CT molecular complexity index is 637. The Kier molecular flexibility index (Phi) is 4.76. The molecular formula is C16H23N5O2. The van der Waals surface area contributed by atoms with Gasteiger partial charge >= 0.3 is 0 Å². The Balaban J connectivity index is 1.67. The standard InChI is InChI=1S/C16H23N5O2/c1-3-14(16(22)18-15-10-12(2)23-19-15)21-9-4-6-13(21)11-20-8-5-7-17-20/h5,7-8,10,13-14H,3-4,6,9,11H2,1-2H3,(H,18,19,22)/t13-,14-/m0/s1. The lowest BCUT2D eigenvalue weighted by Crippen LogP contribution is -2.47. The molecule has 2 aromatic rings. The third kappa shape index (κ3) is 3.61. The number of amides is 1. The van der Waals surface area contributed by atoms with Gasteiger partial charge < -0.3 is 9.84 Å². The van der Waals surface area contributed by atoms with E-state index < -0.39 is 0 Å². The number of hydrogen-bond donors (Lipinski definition) is 1. The molecule has 2 aromatic heterocycles. The van der Waals surface area contributed by atoms with E-state index in [1.54, 1.807) is 19.2 Å². The second-order valence-corrected chi connectivity index (χ2v) is 6.00. The predicted octanol–water partition coefficient (Wildman–Crippen LogP) is 2.06. The molecular weight excluding hydrogens is 294 g/mol. The first-order valence-corrected chi connectivity index (χ1v) is 8.14. The molecule has 1 aliphatic rings. The zero-order valence-electron chi connectivity index (χ0n) is 13.6. The molecule has 0 radical (unpaired) electrons. The van der Waals surface area contributed by atoms with Crippen LogP contribution in [0, 0.1) is 6.92 Å². The number of nitrogens with zero attached hydrogens (tertiary/aromatic N) is 4. The van der Waals surface area contributed by atoms with Crippen molar-refractivity contribution in [2.24, 2.45) is 0 Å². The number of hydrogen-bond acceptors (Lipinski definition) is 5. The smallest absolute Gasteiger partial charge is 0.242 e. The molecule has 1 aliphatic heterocycles. The molecule has 0 aromatic carbocycles. The summed E-state index contributed by atoms with van der Waals surface area (Å²) >= 11 is 0. The van der Waals surface area contributed by atoms with Crippen molar-refractivity contribution >= 4 is 11.7 Å². The molecule has 7 nitrogen and oxygen atoms in total. The average Bonchev–Trinajstić information content (AvgIpc) is 3.25. The molecule has 0 spiro atoms. The van der Waals surface area contributed by atoms with E-state index in [1.165, 1.54) is 0 Å². The molecule has 1 amide bonds. The highest BCUT2D eigenvalue weighted by atomic mass is 16.5. The Hall–Kier alpha value is -2.15. The highest BCUT2D eigenvalue weighted by Gasteiger charge is 2.34. The van der Waals surface area contributed by atoms with Gasteiger partial charge in [0.1, 0.15) is 5.76 Å². The number of carbonyl (C=O) groups excluding carboxylic acids is 1. The number of carbonyl (C=O) groups is 1. The average molecular weight is 317 g/mol. The lowest BCUT2D eigenvalue weighted by atomic mass is 10.1. The maximum atomic E-state index is 12.6. The van der Waals surface area contributed by atoms with Gasteiger partial charge in [-0.3, -0.25) is 14.4 Å². The van der Waals surface area contributed by atoms with E-state index in [0.29, 0.717) is 17.6 Å². The van der Waals surface area contributed by atoms with Crippen molar-refractivity contribution in [1.82, 2.24) is 19.8 Å². The summed E-state index contributed by atoms with van der Waals surface area (Å²) in [5.74, 6) is 1.15. The maximum absolute atomic E-state index is 12.6. The van der Waals surface area contributed by atoms with E-state index >= 15 is 0 Å². The Morgan fingerprint density at radius 3 is 3.09 bits per heavy atom. The molecule has 23 heavy (non-hydrogen) atoms. The molecule has 1 N–H and O–H groups in total. The van der Waals surface area contributed by atoms with Crippen molar-refractivity contribution < 1.29 is 9.32 Å². The van der Waals surface area contributed by atoms with Gasteiger partial charge in [-0.25, -0.2) is 0 Å². The zero-order chi connectivity index (χ0) is 16.2. The van der Waals surface area contributed by atoms with Crippen LogP contribution in [-0.4, -0.2) is 44.4 Å². The number of anilines is 1. The van der Waals surface area contributed by atoms with Gasteiger partial charge in [-0.05, 0) is 38.8 Å². The number of aryl methyl sites for hydroxylation is 1. The SMILES string of the molecule is CC[C@@H](C(=O)Nc1cc(C)on1)N1CCC[C@H]1Cn1cccn1. The molecule has 7 heteroatoms. The summed E-state index contributed by atoms with van der Waals surface area (Å²) in [7, 11) is 0. The van der Waals surface area contributed by atoms with Crippen LogP contribution in [0.4, 0.5) is 5.82 Å². The molecule has 0 saturated carbocycles. The minimum Gasteiger partial charge on any atom is -0.360 e.